The van der Waals surface area contributed by atoms with Crippen molar-refractivity contribution in [2.45, 2.75) is 31.6 Å². The third-order valence-corrected chi connectivity index (χ3v) is 5.80. The van der Waals surface area contributed by atoms with Crippen molar-refractivity contribution in [2.24, 2.45) is 0 Å². The molecule has 0 bridgehead atoms. The topological polar surface area (TPSA) is 73.0 Å². The number of furan rings is 1. The Morgan fingerprint density at radius 3 is 2.83 bits per heavy atom. The summed E-state index contributed by atoms with van der Waals surface area (Å²) in [5.74, 6) is 1.49. The number of hydrogen-bond acceptors (Lipinski definition) is 5. The van der Waals surface area contributed by atoms with Gasteiger partial charge in [0.05, 0.1) is 23.6 Å². The predicted octanol–water partition coefficient (Wildman–Crippen LogP) is 5.31. The van der Waals surface area contributed by atoms with Crippen LogP contribution in [0.3, 0.4) is 0 Å². The second kappa shape index (κ2) is 9.52. The Bertz CT molecular complexity index is 1030. The third-order valence-electron chi connectivity index (χ3n) is 4.27. The van der Waals surface area contributed by atoms with Gasteiger partial charge in [0.15, 0.2) is 11.0 Å². The molecule has 152 valence electrons. The van der Waals surface area contributed by atoms with Gasteiger partial charge in [0.2, 0.25) is 5.91 Å². The number of carbonyl (C=O) groups excluding carboxylic acids is 1. The van der Waals surface area contributed by atoms with Gasteiger partial charge < -0.3 is 9.73 Å². The molecular formula is C20H20Cl2N4O2S. The van der Waals surface area contributed by atoms with Crippen molar-refractivity contribution in [3.05, 3.63) is 64.6 Å². The monoisotopic (exact) mass is 450 g/mol. The van der Waals surface area contributed by atoms with Gasteiger partial charge in [0.1, 0.15) is 5.76 Å². The van der Waals surface area contributed by atoms with Gasteiger partial charge in [-0.05, 0) is 37.6 Å². The summed E-state index contributed by atoms with van der Waals surface area (Å²) in [7, 11) is 0. The number of nitrogens with zero attached hydrogens (tertiary/aromatic N) is 3. The SMILES string of the molecule is C=CCn1c(SCC(=O)N[C@H](C)c2ccc(Cl)cc2Cl)nnc1-c1ccoc1C. The fraction of sp³-hybridized carbons (Fsp3) is 0.250. The number of allylic oxidation sites excluding steroid dienone is 1. The number of nitrogens with one attached hydrogen (secondary N) is 1. The maximum atomic E-state index is 12.4. The van der Waals surface area contributed by atoms with E-state index in [0.29, 0.717) is 27.6 Å². The number of benzene rings is 1. The number of rotatable bonds is 8. The largest absolute Gasteiger partial charge is 0.469 e. The lowest BCUT2D eigenvalue weighted by Gasteiger charge is -2.16. The Kier molecular flexibility index (Phi) is 7.05. The van der Waals surface area contributed by atoms with Crippen molar-refractivity contribution < 1.29 is 9.21 Å². The van der Waals surface area contributed by atoms with Gasteiger partial charge >= 0.3 is 0 Å². The maximum absolute atomic E-state index is 12.4. The van der Waals surface area contributed by atoms with Crippen LogP contribution < -0.4 is 5.32 Å². The summed E-state index contributed by atoms with van der Waals surface area (Å²) >= 11 is 13.5. The van der Waals surface area contributed by atoms with Crippen LogP contribution in [0.25, 0.3) is 11.4 Å². The van der Waals surface area contributed by atoms with Gasteiger partial charge in [-0.2, -0.15) is 0 Å². The summed E-state index contributed by atoms with van der Waals surface area (Å²) in [4.78, 5) is 12.4. The van der Waals surface area contributed by atoms with Gasteiger partial charge in [0, 0.05) is 16.6 Å². The normalized spacial score (nSPS) is 12.0. The van der Waals surface area contributed by atoms with E-state index in [0.717, 1.165) is 16.9 Å². The van der Waals surface area contributed by atoms with Crippen LogP contribution in [0.2, 0.25) is 10.0 Å². The smallest absolute Gasteiger partial charge is 0.230 e. The number of aromatic nitrogens is 3. The van der Waals surface area contributed by atoms with E-state index in [9.17, 15) is 4.79 Å². The van der Waals surface area contributed by atoms with E-state index < -0.39 is 0 Å². The second-order valence-corrected chi connectivity index (χ2v) is 8.13. The molecule has 1 aromatic carbocycles. The molecule has 1 amide bonds. The summed E-state index contributed by atoms with van der Waals surface area (Å²) in [6.45, 7) is 8.05. The first-order chi connectivity index (χ1) is 13.9. The minimum atomic E-state index is -0.247. The summed E-state index contributed by atoms with van der Waals surface area (Å²) in [6, 6.07) is 6.81. The Hall–Kier alpha value is -2.22. The first-order valence-electron chi connectivity index (χ1n) is 8.86. The molecule has 0 saturated heterocycles. The van der Waals surface area contributed by atoms with Crippen LogP contribution in [0, 0.1) is 6.92 Å². The molecule has 0 fully saturated rings. The number of halogens is 2. The number of hydrogen-bond donors (Lipinski definition) is 1. The van der Waals surface area contributed by atoms with Crippen LogP contribution in [0.1, 0.15) is 24.3 Å². The van der Waals surface area contributed by atoms with Crippen molar-refractivity contribution >= 4 is 40.9 Å². The van der Waals surface area contributed by atoms with Crippen LogP contribution in [-0.2, 0) is 11.3 Å². The van der Waals surface area contributed by atoms with Crippen LogP contribution in [0.15, 0.2) is 52.8 Å². The second-order valence-electron chi connectivity index (χ2n) is 6.34. The highest BCUT2D eigenvalue weighted by Gasteiger charge is 2.18. The van der Waals surface area contributed by atoms with Gasteiger partial charge in [-0.15, -0.1) is 16.8 Å². The van der Waals surface area contributed by atoms with Gasteiger partial charge in [0.25, 0.3) is 0 Å². The van der Waals surface area contributed by atoms with Crippen molar-refractivity contribution in [3.63, 3.8) is 0 Å². The Morgan fingerprint density at radius 1 is 1.38 bits per heavy atom. The molecule has 1 N–H and O–H groups in total. The molecular weight excluding hydrogens is 431 g/mol. The average Bonchev–Trinajstić information content (AvgIpc) is 3.26. The molecule has 6 nitrogen and oxygen atoms in total. The van der Waals surface area contributed by atoms with E-state index in [4.69, 9.17) is 27.6 Å². The van der Waals surface area contributed by atoms with Crippen LogP contribution in [-0.4, -0.2) is 26.4 Å². The van der Waals surface area contributed by atoms with Gasteiger partial charge in [-0.25, -0.2) is 0 Å². The number of thioether (sulfide) groups is 1. The van der Waals surface area contributed by atoms with Crippen LogP contribution in [0.4, 0.5) is 0 Å². The lowest BCUT2D eigenvalue weighted by Crippen LogP contribution is -2.28. The van der Waals surface area contributed by atoms with Gasteiger partial charge in [-0.3, -0.25) is 9.36 Å². The first-order valence-corrected chi connectivity index (χ1v) is 10.6. The zero-order valence-corrected chi connectivity index (χ0v) is 18.3. The summed E-state index contributed by atoms with van der Waals surface area (Å²) in [5.41, 5.74) is 1.67. The van der Waals surface area contributed by atoms with E-state index in [-0.39, 0.29) is 17.7 Å². The fourth-order valence-corrected chi connectivity index (χ4v) is 4.18. The summed E-state index contributed by atoms with van der Waals surface area (Å²) in [6.07, 6.45) is 3.37. The molecule has 29 heavy (non-hydrogen) atoms. The quantitative estimate of drug-likeness (QED) is 0.371. The lowest BCUT2D eigenvalue weighted by molar-refractivity contribution is -0.119. The van der Waals surface area contributed by atoms with E-state index in [1.54, 1.807) is 24.5 Å². The highest BCUT2D eigenvalue weighted by molar-refractivity contribution is 7.99. The molecule has 0 aliphatic carbocycles. The zero-order chi connectivity index (χ0) is 21.0. The molecule has 0 radical (unpaired) electrons. The summed E-state index contributed by atoms with van der Waals surface area (Å²) < 4.78 is 7.27. The Labute approximate surface area is 183 Å². The van der Waals surface area contributed by atoms with Crippen molar-refractivity contribution in [1.82, 2.24) is 20.1 Å². The molecule has 0 spiro atoms. The predicted molar refractivity (Wildman–Crippen MR) is 116 cm³/mol. The fourth-order valence-electron chi connectivity index (χ4n) is 2.85. The van der Waals surface area contributed by atoms with Crippen molar-refractivity contribution in [1.29, 1.82) is 0 Å². The number of amides is 1. The minimum Gasteiger partial charge on any atom is -0.469 e. The molecule has 2 aromatic heterocycles. The maximum Gasteiger partial charge on any atom is 0.230 e. The average molecular weight is 451 g/mol. The van der Waals surface area contributed by atoms with E-state index in [2.05, 4.69) is 22.1 Å². The molecule has 0 unspecified atom stereocenters. The Morgan fingerprint density at radius 2 is 2.17 bits per heavy atom. The van der Waals surface area contributed by atoms with Crippen molar-refractivity contribution in [2.75, 3.05) is 5.75 Å². The Balaban J connectivity index is 1.68. The highest BCUT2D eigenvalue weighted by Crippen LogP contribution is 2.28. The number of aryl methyl sites for hydroxylation is 1. The van der Waals surface area contributed by atoms with Crippen LogP contribution >= 0.6 is 35.0 Å². The zero-order valence-electron chi connectivity index (χ0n) is 16.0. The minimum absolute atomic E-state index is 0.136. The molecule has 1 atom stereocenters. The molecule has 9 heteroatoms. The van der Waals surface area contributed by atoms with E-state index >= 15 is 0 Å². The molecule has 0 aliphatic rings. The first kappa shape index (κ1) is 21.5. The molecule has 0 saturated carbocycles. The van der Waals surface area contributed by atoms with E-state index in [1.165, 1.54) is 11.8 Å². The van der Waals surface area contributed by atoms with Gasteiger partial charge in [-0.1, -0.05) is 47.1 Å². The standard InChI is InChI=1S/C20H20Cl2N4O2S/c1-4-8-26-19(16-7-9-28-13(16)3)24-25-20(26)29-11-18(27)23-12(2)15-6-5-14(21)10-17(15)22/h4-7,9-10,12H,1,8,11H2,2-3H3,(H,23,27)/t12-/m1/s1. The van der Waals surface area contributed by atoms with E-state index in [1.807, 2.05) is 30.5 Å². The number of carbonyl (C=O) groups is 1. The molecule has 0 aliphatic heterocycles. The van der Waals surface area contributed by atoms with Crippen molar-refractivity contribution in [3.8, 4) is 11.4 Å². The molecule has 3 rings (SSSR count). The molecule has 3 aromatic rings. The third kappa shape index (κ3) is 5.04. The van der Waals surface area contributed by atoms with Crippen LogP contribution in [0.5, 0.6) is 0 Å². The summed E-state index contributed by atoms with van der Waals surface area (Å²) in [5, 5.41) is 13.1. The lowest BCUT2D eigenvalue weighted by atomic mass is 10.1. The molecule has 2 heterocycles. The highest BCUT2D eigenvalue weighted by atomic mass is 35.5.